The summed E-state index contributed by atoms with van der Waals surface area (Å²) < 4.78 is 0. The number of rotatable bonds is 2. The molecule has 1 aromatic carbocycles. The maximum atomic E-state index is 11.9. The normalized spacial score (nSPS) is 20.4. The fraction of sp³-hybridized carbons (Fsp3) is 0.308. The molecule has 4 heteroatoms. The van der Waals surface area contributed by atoms with Crippen LogP contribution < -0.4 is 4.90 Å². The third kappa shape index (κ3) is 1.86. The summed E-state index contributed by atoms with van der Waals surface area (Å²) in [4.78, 5) is 17.0. The molecule has 1 amide bonds. The highest BCUT2D eigenvalue weighted by Gasteiger charge is 2.29. The maximum absolute atomic E-state index is 11.9. The van der Waals surface area contributed by atoms with Gasteiger partial charge in [0.15, 0.2) is 0 Å². The van der Waals surface area contributed by atoms with E-state index in [4.69, 9.17) is 0 Å². The molecule has 1 N–H and O–H groups in total. The number of carbonyl (C=O) groups excluding carboxylic acids is 1. The van der Waals surface area contributed by atoms with Crippen LogP contribution in [-0.2, 0) is 4.79 Å². The summed E-state index contributed by atoms with van der Waals surface area (Å²) in [5, 5.41) is 2.07. The van der Waals surface area contributed by atoms with Crippen LogP contribution in [0.15, 0.2) is 30.5 Å². The first-order chi connectivity index (χ1) is 8.28. The summed E-state index contributed by atoms with van der Waals surface area (Å²) in [5.74, 6) is 0.655. The first-order valence-electron chi connectivity index (χ1n) is 5.71. The van der Waals surface area contributed by atoms with E-state index in [9.17, 15) is 4.79 Å². The number of nitrogens with one attached hydrogen (secondary N) is 1. The number of aromatic amines is 1. The molecule has 0 radical (unpaired) electrons. The SMILES string of the molecule is O=C1CC(CBr)CN1c1ccc2cc[nH]c2c1. The van der Waals surface area contributed by atoms with Gasteiger partial charge in [-0.15, -0.1) is 0 Å². The number of nitrogens with zero attached hydrogens (tertiary/aromatic N) is 1. The van der Waals surface area contributed by atoms with Crippen molar-refractivity contribution < 1.29 is 4.79 Å². The molecule has 0 aliphatic carbocycles. The molecule has 0 saturated carbocycles. The van der Waals surface area contributed by atoms with Gasteiger partial charge in [-0.1, -0.05) is 22.0 Å². The van der Waals surface area contributed by atoms with Gasteiger partial charge in [-0.25, -0.2) is 0 Å². The minimum atomic E-state index is 0.223. The zero-order valence-corrected chi connectivity index (χ0v) is 10.9. The fourth-order valence-corrected chi connectivity index (χ4v) is 2.77. The molecule has 2 aromatic rings. The topological polar surface area (TPSA) is 36.1 Å². The zero-order chi connectivity index (χ0) is 11.8. The van der Waals surface area contributed by atoms with Gasteiger partial charge >= 0.3 is 0 Å². The molecule has 3 rings (SSSR count). The third-order valence-electron chi connectivity index (χ3n) is 3.27. The Kier molecular flexibility index (Phi) is 2.67. The van der Waals surface area contributed by atoms with Crippen molar-refractivity contribution in [2.24, 2.45) is 5.92 Å². The lowest BCUT2D eigenvalue weighted by Gasteiger charge is -2.16. The van der Waals surface area contributed by atoms with Gasteiger partial charge < -0.3 is 9.88 Å². The van der Waals surface area contributed by atoms with E-state index in [2.05, 4.69) is 27.0 Å². The van der Waals surface area contributed by atoms with E-state index in [0.29, 0.717) is 12.3 Å². The minimum Gasteiger partial charge on any atom is -0.361 e. The lowest BCUT2D eigenvalue weighted by molar-refractivity contribution is -0.117. The van der Waals surface area contributed by atoms with Crippen LogP contribution in [0.4, 0.5) is 5.69 Å². The van der Waals surface area contributed by atoms with Gasteiger partial charge in [0.25, 0.3) is 0 Å². The second-order valence-corrected chi connectivity index (χ2v) is 5.13. The zero-order valence-electron chi connectivity index (χ0n) is 9.32. The van der Waals surface area contributed by atoms with Crippen LogP contribution >= 0.6 is 15.9 Å². The summed E-state index contributed by atoms with van der Waals surface area (Å²) in [6, 6.07) is 8.15. The molecule has 1 saturated heterocycles. The van der Waals surface area contributed by atoms with Crippen molar-refractivity contribution in [3.05, 3.63) is 30.5 Å². The molecular weight excluding hydrogens is 280 g/mol. The second kappa shape index (κ2) is 4.18. The molecule has 1 aliphatic rings. The number of amides is 1. The minimum absolute atomic E-state index is 0.223. The van der Waals surface area contributed by atoms with Gasteiger partial charge in [-0.3, -0.25) is 4.79 Å². The summed E-state index contributed by atoms with van der Waals surface area (Å²) in [6.45, 7) is 0.816. The van der Waals surface area contributed by atoms with E-state index in [1.807, 2.05) is 29.3 Å². The first kappa shape index (κ1) is 10.8. The summed E-state index contributed by atoms with van der Waals surface area (Å²) in [6.07, 6.45) is 2.57. The lowest BCUT2D eigenvalue weighted by atomic mass is 10.2. The van der Waals surface area contributed by atoms with Crippen molar-refractivity contribution >= 4 is 38.4 Å². The Balaban J connectivity index is 1.95. The molecule has 0 spiro atoms. The molecular formula is C13H13BrN2O. The van der Waals surface area contributed by atoms with Crippen LogP contribution in [0, 0.1) is 5.92 Å². The quantitative estimate of drug-likeness (QED) is 0.849. The first-order valence-corrected chi connectivity index (χ1v) is 6.83. The van der Waals surface area contributed by atoms with Crippen LogP contribution in [0.25, 0.3) is 10.9 Å². The van der Waals surface area contributed by atoms with E-state index < -0.39 is 0 Å². The van der Waals surface area contributed by atoms with Gasteiger partial charge in [0.1, 0.15) is 0 Å². The molecule has 0 bridgehead atoms. The predicted octanol–water partition coefficient (Wildman–Crippen LogP) is 2.92. The number of alkyl halides is 1. The molecule has 1 aliphatic heterocycles. The lowest BCUT2D eigenvalue weighted by Crippen LogP contribution is -2.24. The van der Waals surface area contributed by atoms with Gasteiger partial charge in [0.05, 0.1) is 0 Å². The third-order valence-corrected chi connectivity index (χ3v) is 4.19. The monoisotopic (exact) mass is 292 g/mol. The van der Waals surface area contributed by atoms with Crippen molar-refractivity contribution in [1.29, 1.82) is 0 Å². The van der Waals surface area contributed by atoms with Crippen molar-refractivity contribution in [2.75, 3.05) is 16.8 Å². The molecule has 1 aromatic heterocycles. The number of hydrogen-bond acceptors (Lipinski definition) is 1. The number of halogens is 1. The van der Waals surface area contributed by atoms with E-state index >= 15 is 0 Å². The Bertz CT molecular complexity index is 563. The van der Waals surface area contributed by atoms with Crippen molar-refractivity contribution in [3.63, 3.8) is 0 Å². The van der Waals surface area contributed by atoms with Crippen molar-refractivity contribution in [3.8, 4) is 0 Å². The number of anilines is 1. The Morgan fingerprint density at radius 1 is 1.41 bits per heavy atom. The maximum Gasteiger partial charge on any atom is 0.227 e. The van der Waals surface area contributed by atoms with Crippen LogP contribution in [0.5, 0.6) is 0 Å². The van der Waals surface area contributed by atoms with Gasteiger partial charge in [-0.2, -0.15) is 0 Å². The number of carbonyl (C=O) groups is 1. The summed E-state index contributed by atoms with van der Waals surface area (Å²) >= 11 is 3.45. The molecule has 1 atom stereocenters. The highest BCUT2D eigenvalue weighted by Crippen LogP contribution is 2.28. The van der Waals surface area contributed by atoms with Crippen LogP contribution in [0.1, 0.15) is 6.42 Å². The van der Waals surface area contributed by atoms with Crippen LogP contribution in [-0.4, -0.2) is 22.8 Å². The van der Waals surface area contributed by atoms with Crippen molar-refractivity contribution in [1.82, 2.24) is 4.98 Å². The number of aromatic nitrogens is 1. The molecule has 88 valence electrons. The Labute approximate surface area is 108 Å². The average Bonchev–Trinajstić information content (AvgIpc) is 2.93. The Morgan fingerprint density at radius 3 is 3.06 bits per heavy atom. The summed E-state index contributed by atoms with van der Waals surface area (Å²) in [7, 11) is 0. The number of benzene rings is 1. The van der Waals surface area contributed by atoms with Gasteiger partial charge in [-0.05, 0) is 29.5 Å². The van der Waals surface area contributed by atoms with E-state index in [1.165, 1.54) is 5.39 Å². The number of H-pyrrole nitrogens is 1. The van der Waals surface area contributed by atoms with Crippen LogP contribution in [0.3, 0.4) is 0 Å². The van der Waals surface area contributed by atoms with E-state index in [0.717, 1.165) is 23.1 Å². The van der Waals surface area contributed by atoms with E-state index in [1.54, 1.807) is 0 Å². The number of hydrogen-bond donors (Lipinski definition) is 1. The largest absolute Gasteiger partial charge is 0.361 e. The molecule has 17 heavy (non-hydrogen) atoms. The fourth-order valence-electron chi connectivity index (χ4n) is 2.34. The molecule has 2 heterocycles. The predicted molar refractivity (Wildman–Crippen MR) is 72.6 cm³/mol. The Hall–Kier alpha value is -1.29. The molecule has 1 unspecified atom stereocenters. The second-order valence-electron chi connectivity index (χ2n) is 4.48. The highest BCUT2D eigenvalue weighted by molar-refractivity contribution is 9.09. The smallest absolute Gasteiger partial charge is 0.227 e. The standard InChI is InChI=1S/C13H13BrN2O/c14-7-9-5-13(17)16(8-9)11-2-1-10-3-4-15-12(10)6-11/h1-4,6,9,15H,5,7-8H2. The Morgan fingerprint density at radius 2 is 2.29 bits per heavy atom. The number of fused-ring (bicyclic) bond motifs is 1. The highest BCUT2D eigenvalue weighted by atomic mass is 79.9. The molecule has 1 fully saturated rings. The van der Waals surface area contributed by atoms with E-state index in [-0.39, 0.29) is 5.91 Å². The molecule has 3 nitrogen and oxygen atoms in total. The van der Waals surface area contributed by atoms with Crippen LogP contribution in [0.2, 0.25) is 0 Å². The van der Waals surface area contributed by atoms with Crippen molar-refractivity contribution in [2.45, 2.75) is 6.42 Å². The average molecular weight is 293 g/mol. The summed E-state index contributed by atoms with van der Waals surface area (Å²) in [5.41, 5.74) is 2.07. The van der Waals surface area contributed by atoms with Gasteiger partial charge in [0, 0.05) is 35.7 Å². The van der Waals surface area contributed by atoms with Gasteiger partial charge in [0.2, 0.25) is 5.91 Å².